The van der Waals surface area contributed by atoms with Gasteiger partial charge in [-0.25, -0.2) is 0 Å². The lowest BCUT2D eigenvalue weighted by atomic mass is 10.1. The Balaban J connectivity index is 2.05. The summed E-state index contributed by atoms with van der Waals surface area (Å²) >= 11 is 12.1. The molecular weight excluding hydrogens is 313 g/mol. The van der Waals surface area contributed by atoms with Crippen LogP contribution in [0.15, 0.2) is 36.4 Å². The number of aromatic hydroxyl groups is 1. The van der Waals surface area contributed by atoms with E-state index in [1.54, 1.807) is 17.0 Å². The maximum atomic E-state index is 12.7. The van der Waals surface area contributed by atoms with Gasteiger partial charge in [0.1, 0.15) is 18.1 Å². The fourth-order valence-corrected chi connectivity index (χ4v) is 2.92. The first-order chi connectivity index (χ1) is 10.1. The molecule has 0 atom stereocenters. The summed E-state index contributed by atoms with van der Waals surface area (Å²) in [5, 5.41) is 9.69. The first-order valence-corrected chi connectivity index (χ1v) is 7.05. The summed E-state index contributed by atoms with van der Waals surface area (Å²) in [6.07, 6.45) is 0. The molecule has 2 aromatic carbocycles. The third-order valence-corrected chi connectivity index (χ3v) is 3.81. The Morgan fingerprint density at radius 3 is 2.57 bits per heavy atom. The summed E-state index contributed by atoms with van der Waals surface area (Å²) < 4.78 is 5.52. The zero-order valence-corrected chi connectivity index (χ0v) is 12.4. The number of hydrogen-bond donors (Lipinski definition) is 1. The van der Waals surface area contributed by atoms with E-state index in [1.165, 1.54) is 12.1 Å². The van der Waals surface area contributed by atoms with Gasteiger partial charge in [0.15, 0.2) is 0 Å². The Hall–Kier alpha value is -1.91. The van der Waals surface area contributed by atoms with Crippen LogP contribution in [0.2, 0.25) is 10.0 Å². The van der Waals surface area contributed by atoms with Crippen LogP contribution < -0.4 is 9.64 Å². The highest BCUT2D eigenvalue weighted by Gasteiger charge is 2.27. The summed E-state index contributed by atoms with van der Waals surface area (Å²) in [5.41, 5.74) is 0.849. The molecule has 0 aliphatic carbocycles. The highest BCUT2D eigenvalue weighted by molar-refractivity contribution is 6.40. The molecule has 108 valence electrons. The van der Waals surface area contributed by atoms with E-state index in [0.717, 1.165) is 0 Å². The minimum Gasteiger partial charge on any atom is -0.508 e. The van der Waals surface area contributed by atoms with Crippen molar-refractivity contribution in [1.82, 2.24) is 0 Å². The first kappa shape index (κ1) is 14.0. The Bertz CT molecular complexity index is 695. The molecule has 1 heterocycles. The summed E-state index contributed by atoms with van der Waals surface area (Å²) in [5.74, 6) is 0.243. The standard InChI is InChI=1S/C15H11Cl2NO3/c16-10-7-9(19)8-11(17)14(10)15(20)18-5-6-21-13-4-2-1-3-12(13)18/h1-4,7-8,19H,5-6H2. The van der Waals surface area contributed by atoms with Crippen LogP contribution >= 0.6 is 23.2 Å². The third-order valence-electron chi connectivity index (χ3n) is 3.21. The second kappa shape index (κ2) is 5.47. The van der Waals surface area contributed by atoms with Crippen molar-refractivity contribution in [3.63, 3.8) is 0 Å². The molecule has 0 saturated heterocycles. The smallest absolute Gasteiger partial charge is 0.261 e. The van der Waals surface area contributed by atoms with E-state index in [2.05, 4.69) is 0 Å². The van der Waals surface area contributed by atoms with Gasteiger partial charge < -0.3 is 14.7 Å². The SMILES string of the molecule is O=C(c1c(Cl)cc(O)cc1Cl)N1CCOc2ccccc21. The van der Waals surface area contributed by atoms with Crippen LogP contribution in [-0.4, -0.2) is 24.2 Å². The number of anilines is 1. The van der Waals surface area contributed by atoms with E-state index in [9.17, 15) is 9.90 Å². The van der Waals surface area contributed by atoms with E-state index >= 15 is 0 Å². The molecule has 1 aliphatic rings. The van der Waals surface area contributed by atoms with E-state index in [1.807, 2.05) is 12.1 Å². The van der Waals surface area contributed by atoms with Crippen molar-refractivity contribution < 1.29 is 14.6 Å². The van der Waals surface area contributed by atoms with Crippen molar-refractivity contribution in [3.8, 4) is 11.5 Å². The normalized spacial score (nSPS) is 13.5. The fraction of sp³-hybridized carbons (Fsp3) is 0.133. The molecule has 1 N–H and O–H groups in total. The Morgan fingerprint density at radius 1 is 1.19 bits per heavy atom. The number of ether oxygens (including phenoxy) is 1. The van der Waals surface area contributed by atoms with Crippen LogP contribution in [0.5, 0.6) is 11.5 Å². The number of phenols is 1. The van der Waals surface area contributed by atoms with Gasteiger partial charge in [0.25, 0.3) is 5.91 Å². The van der Waals surface area contributed by atoms with Crippen molar-refractivity contribution in [2.75, 3.05) is 18.1 Å². The Labute approximate surface area is 131 Å². The van der Waals surface area contributed by atoms with Gasteiger partial charge in [0, 0.05) is 0 Å². The van der Waals surface area contributed by atoms with E-state index < -0.39 is 0 Å². The van der Waals surface area contributed by atoms with Gasteiger partial charge in [-0.3, -0.25) is 4.79 Å². The number of phenolic OH excluding ortho intramolecular Hbond substituents is 1. The van der Waals surface area contributed by atoms with Crippen LogP contribution in [0.3, 0.4) is 0 Å². The zero-order chi connectivity index (χ0) is 15.0. The fourth-order valence-electron chi connectivity index (χ4n) is 2.28. The molecule has 0 bridgehead atoms. The van der Waals surface area contributed by atoms with Crippen LogP contribution in [0.4, 0.5) is 5.69 Å². The number of para-hydroxylation sites is 2. The van der Waals surface area contributed by atoms with Gasteiger partial charge >= 0.3 is 0 Å². The minimum absolute atomic E-state index is 0.0797. The van der Waals surface area contributed by atoms with Gasteiger partial charge in [0.05, 0.1) is 27.8 Å². The summed E-state index contributed by atoms with van der Waals surface area (Å²) in [6.45, 7) is 0.805. The molecule has 4 nitrogen and oxygen atoms in total. The molecule has 1 amide bonds. The highest BCUT2D eigenvalue weighted by atomic mass is 35.5. The monoisotopic (exact) mass is 323 g/mol. The lowest BCUT2D eigenvalue weighted by Crippen LogP contribution is -2.38. The van der Waals surface area contributed by atoms with Gasteiger partial charge in [-0.1, -0.05) is 35.3 Å². The number of rotatable bonds is 1. The molecule has 21 heavy (non-hydrogen) atoms. The average molecular weight is 324 g/mol. The van der Waals surface area contributed by atoms with Gasteiger partial charge in [-0.2, -0.15) is 0 Å². The number of amides is 1. The zero-order valence-electron chi connectivity index (χ0n) is 10.8. The first-order valence-electron chi connectivity index (χ1n) is 6.29. The predicted octanol–water partition coefficient (Wildman–Crippen LogP) is 3.74. The molecular formula is C15H11Cl2NO3. The van der Waals surface area contributed by atoms with Crippen molar-refractivity contribution in [3.05, 3.63) is 52.0 Å². The highest BCUT2D eigenvalue weighted by Crippen LogP contribution is 2.35. The maximum Gasteiger partial charge on any atom is 0.261 e. The summed E-state index contributed by atoms with van der Waals surface area (Å²) in [4.78, 5) is 14.3. The van der Waals surface area contributed by atoms with E-state index in [4.69, 9.17) is 27.9 Å². The number of benzene rings is 2. The van der Waals surface area contributed by atoms with Crippen LogP contribution in [0, 0.1) is 0 Å². The van der Waals surface area contributed by atoms with Crippen molar-refractivity contribution >= 4 is 34.8 Å². The molecule has 0 fully saturated rings. The van der Waals surface area contributed by atoms with Crippen molar-refractivity contribution in [2.45, 2.75) is 0 Å². The summed E-state index contributed by atoms with van der Waals surface area (Å²) in [7, 11) is 0. The molecule has 0 aromatic heterocycles. The summed E-state index contributed by atoms with van der Waals surface area (Å²) in [6, 6.07) is 9.87. The van der Waals surface area contributed by atoms with Crippen molar-refractivity contribution in [1.29, 1.82) is 0 Å². The topological polar surface area (TPSA) is 49.8 Å². The number of hydrogen-bond acceptors (Lipinski definition) is 3. The Kier molecular flexibility index (Phi) is 3.66. The lowest BCUT2D eigenvalue weighted by Gasteiger charge is -2.30. The average Bonchev–Trinajstić information content (AvgIpc) is 2.45. The predicted molar refractivity (Wildman–Crippen MR) is 81.7 cm³/mol. The largest absolute Gasteiger partial charge is 0.508 e. The number of halogens is 2. The molecule has 1 aliphatic heterocycles. The van der Waals surface area contributed by atoms with Crippen LogP contribution in [0.1, 0.15) is 10.4 Å². The molecule has 6 heteroatoms. The molecule has 0 spiro atoms. The van der Waals surface area contributed by atoms with Gasteiger partial charge in [-0.05, 0) is 24.3 Å². The van der Waals surface area contributed by atoms with Gasteiger partial charge in [-0.15, -0.1) is 0 Å². The molecule has 2 aromatic rings. The maximum absolute atomic E-state index is 12.7. The molecule has 0 unspecified atom stereocenters. The molecule has 3 rings (SSSR count). The van der Waals surface area contributed by atoms with E-state index in [-0.39, 0.29) is 27.3 Å². The van der Waals surface area contributed by atoms with Crippen LogP contribution in [-0.2, 0) is 0 Å². The second-order valence-electron chi connectivity index (χ2n) is 4.56. The minimum atomic E-state index is -0.319. The third kappa shape index (κ3) is 2.52. The molecule has 0 radical (unpaired) electrons. The lowest BCUT2D eigenvalue weighted by molar-refractivity contribution is 0.0977. The van der Waals surface area contributed by atoms with Gasteiger partial charge in [0.2, 0.25) is 0 Å². The Morgan fingerprint density at radius 2 is 1.86 bits per heavy atom. The second-order valence-corrected chi connectivity index (χ2v) is 5.37. The van der Waals surface area contributed by atoms with Crippen molar-refractivity contribution in [2.24, 2.45) is 0 Å². The quantitative estimate of drug-likeness (QED) is 0.869. The number of carbonyl (C=O) groups is 1. The van der Waals surface area contributed by atoms with E-state index in [0.29, 0.717) is 24.6 Å². The number of nitrogens with zero attached hydrogens (tertiary/aromatic N) is 1. The van der Waals surface area contributed by atoms with Crippen LogP contribution in [0.25, 0.3) is 0 Å². The number of fused-ring (bicyclic) bond motifs is 1. The molecule has 0 saturated carbocycles. The number of carbonyl (C=O) groups excluding carboxylic acids is 1.